The van der Waals surface area contributed by atoms with E-state index in [2.05, 4.69) is 26.3 Å². The van der Waals surface area contributed by atoms with Gasteiger partial charge in [-0.15, -0.1) is 0 Å². The molecule has 0 aliphatic heterocycles. The molecular formula is C12H15BrN4O. The molecule has 96 valence electrons. The molecule has 0 aromatic carbocycles. The minimum Gasteiger partial charge on any atom is -0.340 e. The predicted octanol–water partition coefficient (Wildman–Crippen LogP) is 2.82. The molecule has 0 saturated carbocycles. The van der Waals surface area contributed by atoms with Crippen LogP contribution in [0.5, 0.6) is 0 Å². The van der Waals surface area contributed by atoms with E-state index in [1.54, 1.807) is 24.0 Å². The number of aryl methyl sites for hydroxylation is 1. The fraction of sp³-hybridized carbons (Fsp3) is 0.333. The molecule has 2 rings (SSSR count). The summed E-state index contributed by atoms with van der Waals surface area (Å²) in [6.45, 7) is 4.07. The van der Waals surface area contributed by atoms with Gasteiger partial charge < -0.3 is 9.88 Å². The van der Waals surface area contributed by atoms with E-state index in [-0.39, 0.29) is 11.9 Å². The second-order valence-corrected chi connectivity index (χ2v) is 5.25. The first-order valence-electron chi connectivity index (χ1n) is 5.65. The Balaban J connectivity index is 2.26. The van der Waals surface area contributed by atoms with Gasteiger partial charge in [-0.05, 0) is 35.8 Å². The van der Waals surface area contributed by atoms with Gasteiger partial charge in [0, 0.05) is 29.8 Å². The molecule has 2 aromatic rings. The summed E-state index contributed by atoms with van der Waals surface area (Å²) in [6.07, 6.45) is 3.55. The topological polar surface area (TPSA) is 51.9 Å². The number of amides is 1. The minimum atomic E-state index is -0.141. The van der Waals surface area contributed by atoms with E-state index in [1.807, 2.05) is 30.7 Å². The fourth-order valence-corrected chi connectivity index (χ4v) is 2.17. The lowest BCUT2D eigenvalue weighted by Gasteiger charge is -2.12. The summed E-state index contributed by atoms with van der Waals surface area (Å²) >= 11 is 3.39. The first-order chi connectivity index (χ1) is 8.49. The van der Waals surface area contributed by atoms with Gasteiger partial charge in [0.25, 0.3) is 5.91 Å². The smallest absolute Gasteiger partial charge is 0.273 e. The molecule has 0 saturated heterocycles. The van der Waals surface area contributed by atoms with E-state index >= 15 is 0 Å². The zero-order valence-electron chi connectivity index (χ0n) is 10.5. The number of halogens is 1. The van der Waals surface area contributed by atoms with Crippen LogP contribution in [0.25, 0.3) is 0 Å². The monoisotopic (exact) mass is 310 g/mol. The summed E-state index contributed by atoms with van der Waals surface area (Å²) in [7, 11) is 1.78. The third-order valence-corrected chi connectivity index (χ3v) is 3.10. The minimum absolute atomic E-state index is 0.141. The highest BCUT2D eigenvalue weighted by Gasteiger charge is 2.15. The van der Waals surface area contributed by atoms with Crippen LogP contribution in [-0.2, 0) is 7.05 Å². The Bertz CT molecular complexity index is 570. The Morgan fingerprint density at radius 3 is 2.78 bits per heavy atom. The largest absolute Gasteiger partial charge is 0.340 e. The van der Waals surface area contributed by atoms with Gasteiger partial charge in [0.1, 0.15) is 11.5 Å². The highest BCUT2D eigenvalue weighted by Crippen LogP contribution is 2.20. The lowest BCUT2D eigenvalue weighted by atomic mass is 10.3. The molecule has 0 fully saturated rings. The van der Waals surface area contributed by atoms with Crippen LogP contribution in [0.4, 0.5) is 5.82 Å². The molecule has 2 aromatic heterocycles. The maximum atomic E-state index is 12.2. The molecule has 0 aliphatic rings. The Hall–Kier alpha value is -1.56. The van der Waals surface area contributed by atoms with Crippen molar-refractivity contribution >= 4 is 27.7 Å². The van der Waals surface area contributed by atoms with Crippen molar-refractivity contribution in [3.63, 3.8) is 0 Å². The SMILES string of the molecule is CC(C)n1cc(Br)cc1C(=O)Nc1ccnn1C. The van der Waals surface area contributed by atoms with Crippen LogP contribution < -0.4 is 5.32 Å². The van der Waals surface area contributed by atoms with Crippen LogP contribution in [0.2, 0.25) is 0 Å². The summed E-state index contributed by atoms with van der Waals surface area (Å²) in [5.74, 6) is 0.533. The third-order valence-electron chi connectivity index (χ3n) is 2.67. The van der Waals surface area contributed by atoms with Crippen molar-refractivity contribution in [1.29, 1.82) is 0 Å². The Morgan fingerprint density at radius 1 is 1.50 bits per heavy atom. The third kappa shape index (κ3) is 2.48. The van der Waals surface area contributed by atoms with Crippen molar-refractivity contribution in [3.8, 4) is 0 Å². The Kier molecular flexibility index (Phi) is 3.56. The first kappa shape index (κ1) is 12.9. The fourth-order valence-electron chi connectivity index (χ4n) is 1.73. The van der Waals surface area contributed by atoms with E-state index in [4.69, 9.17) is 0 Å². The number of carbonyl (C=O) groups is 1. The molecule has 18 heavy (non-hydrogen) atoms. The van der Waals surface area contributed by atoms with Crippen LogP contribution >= 0.6 is 15.9 Å². The van der Waals surface area contributed by atoms with Gasteiger partial charge in [0.15, 0.2) is 0 Å². The van der Waals surface area contributed by atoms with E-state index in [1.165, 1.54) is 0 Å². The molecule has 1 amide bonds. The second-order valence-electron chi connectivity index (χ2n) is 4.34. The van der Waals surface area contributed by atoms with E-state index in [0.717, 1.165) is 4.47 Å². The zero-order chi connectivity index (χ0) is 13.3. The highest BCUT2D eigenvalue weighted by atomic mass is 79.9. The second kappa shape index (κ2) is 4.97. The molecule has 0 aliphatic carbocycles. The van der Waals surface area contributed by atoms with E-state index < -0.39 is 0 Å². The molecule has 2 heterocycles. The van der Waals surface area contributed by atoms with Crippen LogP contribution in [0.1, 0.15) is 30.4 Å². The molecule has 0 spiro atoms. The van der Waals surface area contributed by atoms with Gasteiger partial charge in [-0.2, -0.15) is 5.10 Å². The maximum Gasteiger partial charge on any atom is 0.273 e. The zero-order valence-corrected chi connectivity index (χ0v) is 12.1. The van der Waals surface area contributed by atoms with Crippen molar-refractivity contribution in [2.75, 3.05) is 5.32 Å². The van der Waals surface area contributed by atoms with Crippen LogP contribution in [0, 0.1) is 0 Å². The van der Waals surface area contributed by atoms with Crippen molar-refractivity contribution < 1.29 is 4.79 Å². The molecular weight excluding hydrogens is 296 g/mol. The average Bonchev–Trinajstić information content (AvgIpc) is 2.86. The van der Waals surface area contributed by atoms with Crippen molar-refractivity contribution in [2.45, 2.75) is 19.9 Å². The van der Waals surface area contributed by atoms with Gasteiger partial charge in [0.2, 0.25) is 0 Å². The van der Waals surface area contributed by atoms with Crippen molar-refractivity contribution in [1.82, 2.24) is 14.3 Å². The van der Waals surface area contributed by atoms with Crippen molar-refractivity contribution in [3.05, 3.63) is 34.7 Å². The number of nitrogens with zero attached hydrogens (tertiary/aromatic N) is 3. The van der Waals surface area contributed by atoms with Gasteiger partial charge in [-0.25, -0.2) is 0 Å². The predicted molar refractivity (Wildman–Crippen MR) is 73.7 cm³/mol. The molecule has 5 nitrogen and oxygen atoms in total. The van der Waals surface area contributed by atoms with Gasteiger partial charge in [0.05, 0.1) is 6.20 Å². The Labute approximate surface area is 114 Å². The molecule has 0 bridgehead atoms. The summed E-state index contributed by atoms with van der Waals surface area (Å²) in [6, 6.07) is 3.80. The average molecular weight is 311 g/mol. The van der Waals surface area contributed by atoms with Crippen molar-refractivity contribution in [2.24, 2.45) is 7.05 Å². The Morgan fingerprint density at radius 2 is 2.22 bits per heavy atom. The summed E-state index contributed by atoms with van der Waals surface area (Å²) in [5.41, 5.74) is 0.623. The molecule has 1 N–H and O–H groups in total. The first-order valence-corrected chi connectivity index (χ1v) is 6.45. The summed E-state index contributed by atoms with van der Waals surface area (Å²) in [5, 5.41) is 6.85. The molecule has 0 unspecified atom stereocenters. The van der Waals surface area contributed by atoms with E-state index in [9.17, 15) is 4.79 Å². The maximum absolute atomic E-state index is 12.2. The van der Waals surface area contributed by atoms with Gasteiger partial charge in [-0.3, -0.25) is 9.48 Å². The number of aromatic nitrogens is 3. The van der Waals surface area contributed by atoms with Gasteiger partial charge >= 0.3 is 0 Å². The number of hydrogen-bond acceptors (Lipinski definition) is 2. The molecule has 0 radical (unpaired) electrons. The number of carbonyl (C=O) groups excluding carboxylic acids is 1. The number of anilines is 1. The standard InChI is InChI=1S/C12H15BrN4O/c1-8(2)17-7-9(13)6-10(17)12(18)15-11-4-5-14-16(11)3/h4-8H,1-3H3,(H,15,18). The summed E-state index contributed by atoms with van der Waals surface area (Å²) in [4.78, 5) is 12.2. The van der Waals surface area contributed by atoms with Crippen LogP contribution in [0.15, 0.2) is 29.0 Å². The van der Waals surface area contributed by atoms with Crippen LogP contribution in [0.3, 0.4) is 0 Å². The normalized spacial score (nSPS) is 10.9. The highest BCUT2D eigenvalue weighted by molar-refractivity contribution is 9.10. The summed E-state index contributed by atoms with van der Waals surface area (Å²) < 4.78 is 4.44. The lowest BCUT2D eigenvalue weighted by Crippen LogP contribution is -2.19. The number of nitrogens with one attached hydrogen (secondary N) is 1. The molecule has 6 heteroatoms. The lowest BCUT2D eigenvalue weighted by molar-refractivity contribution is 0.101. The van der Waals surface area contributed by atoms with E-state index in [0.29, 0.717) is 11.5 Å². The molecule has 0 atom stereocenters. The number of hydrogen-bond donors (Lipinski definition) is 1. The number of rotatable bonds is 3. The quantitative estimate of drug-likeness (QED) is 0.947. The van der Waals surface area contributed by atoms with Crippen LogP contribution in [-0.4, -0.2) is 20.3 Å². The van der Waals surface area contributed by atoms with Gasteiger partial charge in [-0.1, -0.05) is 0 Å².